The van der Waals surface area contributed by atoms with Gasteiger partial charge in [-0.05, 0) is 75.1 Å². The zero-order valence-corrected chi connectivity index (χ0v) is 21.0. The summed E-state index contributed by atoms with van der Waals surface area (Å²) in [5.74, 6) is -0.300. The van der Waals surface area contributed by atoms with E-state index in [2.05, 4.69) is 10.2 Å². The molecular weight excluding hydrogens is 469 g/mol. The molecule has 0 aromatic heterocycles. The molecule has 186 valence electrons. The fourth-order valence-electron chi connectivity index (χ4n) is 4.69. The van der Waals surface area contributed by atoms with Crippen molar-refractivity contribution in [3.8, 4) is 0 Å². The van der Waals surface area contributed by atoms with Crippen LogP contribution in [0, 0.1) is 5.82 Å². The van der Waals surface area contributed by atoms with E-state index in [0.29, 0.717) is 29.4 Å². The maximum absolute atomic E-state index is 13.2. The Labute approximate surface area is 210 Å². The number of likely N-dealkylation sites (tertiary alicyclic amines) is 1. The first-order valence-corrected chi connectivity index (χ1v) is 12.2. The first-order chi connectivity index (χ1) is 16.6. The number of anilines is 1. The molecule has 2 amide bonds. The molecule has 0 radical (unpaired) electrons. The Morgan fingerprint density at radius 2 is 1.77 bits per heavy atom. The van der Waals surface area contributed by atoms with E-state index < -0.39 is 11.7 Å². The van der Waals surface area contributed by atoms with Crippen molar-refractivity contribution >= 4 is 35.4 Å². The van der Waals surface area contributed by atoms with Gasteiger partial charge in [-0.15, -0.1) is 0 Å². The third-order valence-electron chi connectivity index (χ3n) is 6.28. The SMILES string of the molecule is CC(C)(C)OC(=O)Nc1cc(Cl)ccc1/C=C/C(=O)N1CC2CCC(C1)N2Cc1ccc(F)cc1. The van der Waals surface area contributed by atoms with Gasteiger partial charge in [-0.25, -0.2) is 9.18 Å². The second-order valence-corrected chi connectivity index (χ2v) is 10.6. The summed E-state index contributed by atoms with van der Waals surface area (Å²) in [4.78, 5) is 29.6. The van der Waals surface area contributed by atoms with Crippen LogP contribution < -0.4 is 5.32 Å². The van der Waals surface area contributed by atoms with Crippen LogP contribution in [0.2, 0.25) is 5.02 Å². The molecule has 2 aromatic rings. The zero-order valence-electron chi connectivity index (χ0n) is 20.3. The number of fused-ring (bicyclic) bond motifs is 2. The van der Waals surface area contributed by atoms with E-state index in [1.807, 2.05) is 17.0 Å². The average Bonchev–Trinajstić information content (AvgIpc) is 2.99. The molecule has 2 saturated heterocycles. The van der Waals surface area contributed by atoms with E-state index >= 15 is 0 Å². The maximum Gasteiger partial charge on any atom is 0.412 e. The number of benzene rings is 2. The standard InChI is InChI=1S/C27H31ClFN3O3/c1-27(2,3)35-26(34)30-24-14-20(28)8-6-19(24)7-13-25(33)31-16-22-11-12-23(17-31)32(22)15-18-4-9-21(29)10-5-18/h4-10,13-14,22-23H,11-12,15-17H2,1-3H3,(H,30,34)/b13-7+. The Morgan fingerprint density at radius 3 is 2.40 bits per heavy atom. The van der Waals surface area contributed by atoms with E-state index in [1.165, 1.54) is 12.1 Å². The average molecular weight is 500 g/mol. The summed E-state index contributed by atoms with van der Waals surface area (Å²) in [5.41, 5.74) is 1.58. The van der Waals surface area contributed by atoms with E-state index in [9.17, 15) is 14.0 Å². The fraction of sp³-hybridized carbons (Fsp3) is 0.407. The van der Waals surface area contributed by atoms with Gasteiger partial charge in [0.25, 0.3) is 0 Å². The molecule has 2 aliphatic heterocycles. The highest BCUT2D eigenvalue weighted by molar-refractivity contribution is 6.31. The second kappa shape index (κ2) is 10.4. The molecule has 0 aliphatic carbocycles. The maximum atomic E-state index is 13.2. The highest BCUT2D eigenvalue weighted by Crippen LogP contribution is 2.32. The fourth-order valence-corrected chi connectivity index (χ4v) is 4.86. The van der Waals surface area contributed by atoms with Gasteiger partial charge >= 0.3 is 6.09 Å². The van der Waals surface area contributed by atoms with E-state index in [1.54, 1.807) is 51.1 Å². The van der Waals surface area contributed by atoms with Crippen molar-refractivity contribution in [2.45, 2.75) is 57.8 Å². The predicted octanol–water partition coefficient (Wildman–Crippen LogP) is 5.71. The van der Waals surface area contributed by atoms with Gasteiger partial charge in [-0.3, -0.25) is 15.0 Å². The lowest BCUT2D eigenvalue weighted by molar-refractivity contribution is -0.129. The topological polar surface area (TPSA) is 61.9 Å². The normalized spacial score (nSPS) is 20.3. The minimum atomic E-state index is -0.632. The molecule has 2 heterocycles. The van der Waals surface area contributed by atoms with Crippen molar-refractivity contribution in [1.82, 2.24) is 9.80 Å². The highest BCUT2D eigenvalue weighted by atomic mass is 35.5. The number of nitrogens with one attached hydrogen (secondary N) is 1. The minimum absolute atomic E-state index is 0.0681. The van der Waals surface area contributed by atoms with Gasteiger partial charge in [0.1, 0.15) is 11.4 Å². The van der Waals surface area contributed by atoms with Crippen LogP contribution in [0.1, 0.15) is 44.7 Å². The number of nitrogens with zero attached hydrogens (tertiary/aromatic N) is 2. The van der Waals surface area contributed by atoms with Crippen molar-refractivity contribution in [1.29, 1.82) is 0 Å². The first-order valence-electron chi connectivity index (χ1n) is 11.8. The third-order valence-corrected chi connectivity index (χ3v) is 6.52. The van der Waals surface area contributed by atoms with Gasteiger partial charge < -0.3 is 9.64 Å². The lowest BCUT2D eigenvalue weighted by Gasteiger charge is -2.40. The molecule has 0 spiro atoms. The third kappa shape index (κ3) is 6.61. The molecule has 6 nitrogen and oxygen atoms in total. The molecule has 4 rings (SSSR count). The van der Waals surface area contributed by atoms with Crippen molar-refractivity contribution in [3.05, 3.63) is 70.5 Å². The van der Waals surface area contributed by atoms with Crippen LogP contribution in [0.5, 0.6) is 0 Å². The summed E-state index contributed by atoms with van der Waals surface area (Å²) in [7, 11) is 0. The number of carbonyl (C=O) groups excluding carboxylic acids is 2. The van der Waals surface area contributed by atoms with Gasteiger partial charge in [0.15, 0.2) is 0 Å². The van der Waals surface area contributed by atoms with Crippen LogP contribution in [-0.2, 0) is 16.1 Å². The van der Waals surface area contributed by atoms with E-state index in [-0.39, 0.29) is 23.8 Å². The number of hydrogen-bond acceptors (Lipinski definition) is 4. The summed E-state index contributed by atoms with van der Waals surface area (Å²) in [6.45, 7) is 7.44. The number of piperazine rings is 1. The Balaban J connectivity index is 1.40. The van der Waals surface area contributed by atoms with Gasteiger partial charge in [0, 0.05) is 42.8 Å². The van der Waals surface area contributed by atoms with Crippen molar-refractivity contribution in [2.24, 2.45) is 0 Å². The molecule has 35 heavy (non-hydrogen) atoms. The minimum Gasteiger partial charge on any atom is -0.444 e. The second-order valence-electron chi connectivity index (χ2n) is 10.1. The molecular formula is C27H31ClFN3O3. The quantitative estimate of drug-likeness (QED) is 0.535. The molecule has 8 heteroatoms. The van der Waals surface area contributed by atoms with Gasteiger partial charge in [-0.1, -0.05) is 29.8 Å². The van der Waals surface area contributed by atoms with Crippen molar-refractivity contribution in [3.63, 3.8) is 0 Å². The van der Waals surface area contributed by atoms with Crippen LogP contribution in [0.15, 0.2) is 48.5 Å². The molecule has 2 unspecified atom stereocenters. The number of amides is 2. The number of carbonyl (C=O) groups is 2. The largest absolute Gasteiger partial charge is 0.444 e. The number of hydrogen-bond donors (Lipinski definition) is 1. The molecule has 2 aromatic carbocycles. The lowest BCUT2D eigenvalue weighted by Crippen LogP contribution is -2.54. The Hall–Kier alpha value is -2.90. The highest BCUT2D eigenvalue weighted by Gasteiger charge is 2.40. The molecule has 2 fully saturated rings. The Bertz CT molecular complexity index is 1100. The molecule has 2 bridgehead atoms. The van der Waals surface area contributed by atoms with Gasteiger partial charge in [0.2, 0.25) is 5.91 Å². The monoisotopic (exact) mass is 499 g/mol. The van der Waals surface area contributed by atoms with Gasteiger partial charge in [0.05, 0.1) is 5.69 Å². The van der Waals surface area contributed by atoms with E-state index in [0.717, 1.165) is 24.9 Å². The summed E-state index contributed by atoms with van der Waals surface area (Å²) >= 11 is 6.12. The summed E-state index contributed by atoms with van der Waals surface area (Å²) in [6, 6.07) is 12.3. The summed E-state index contributed by atoms with van der Waals surface area (Å²) in [6.07, 6.45) is 4.73. The molecule has 1 N–H and O–H groups in total. The number of halogens is 2. The molecule has 2 atom stereocenters. The summed E-state index contributed by atoms with van der Waals surface area (Å²) in [5, 5.41) is 3.18. The van der Waals surface area contributed by atoms with Crippen LogP contribution in [0.3, 0.4) is 0 Å². The lowest BCUT2D eigenvalue weighted by atomic mass is 10.1. The Morgan fingerprint density at radius 1 is 1.11 bits per heavy atom. The smallest absolute Gasteiger partial charge is 0.412 e. The van der Waals surface area contributed by atoms with Crippen LogP contribution in [-0.4, -0.2) is 52.6 Å². The number of rotatable bonds is 5. The van der Waals surface area contributed by atoms with Crippen molar-refractivity contribution in [2.75, 3.05) is 18.4 Å². The van der Waals surface area contributed by atoms with Crippen LogP contribution in [0.25, 0.3) is 6.08 Å². The Kier molecular flexibility index (Phi) is 7.47. The van der Waals surface area contributed by atoms with Crippen LogP contribution >= 0.6 is 11.6 Å². The van der Waals surface area contributed by atoms with E-state index in [4.69, 9.17) is 16.3 Å². The van der Waals surface area contributed by atoms with Crippen molar-refractivity contribution < 1.29 is 18.7 Å². The molecule has 0 saturated carbocycles. The predicted molar refractivity (Wildman–Crippen MR) is 136 cm³/mol. The van der Waals surface area contributed by atoms with Gasteiger partial charge in [-0.2, -0.15) is 0 Å². The number of ether oxygens (including phenoxy) is 1. The zero-order chi connectivity index (χ0) is 25.2. The summed E-state index contributed by atoms with van der Waals surface area (Å²) < 4.78 is 18.6. The molecule has 2 aliphatic rings. The van der Waals surface area contributed by atoms with Crippen LogP contribution in [0.4, 0.5) is 14.9 Å². The first kappa shape index (κ1) is 25.2.